The first-order chi connectivity index (χ1) is 8.04. The lowest BCUT2D eigenvalue weighted by Gasteiger charge is -2.08. The molecule has 5 nitrogen and oxygen atoms in total. The second-order valence-electron chi connectivity index (χ2n) is 3.41. The van der Waals surface area contributed by atoms with Crippen molar-refractivity contribution in [1.29, 1.82) is 0 Å². The van der Waals surface area contributed by atoms with Gasteiger partial charge in [-0.3, -0.25) is 4.79 Å². The highest BCUT2D eigenvalue weighted by atomic mass is 16.5. The molecule has 0 saturated carbocycles. The lowest BCUT2D eigenvalue weighted by molar-refractivity contribution is -0.305. The molecule has 0 bridgehead atoms. The molecular formula is C12H13O5-. The Kier molecular flexibility index (Phi) is 4.51. The van der Waals surface area contributed by atoms with Crippen LogP contribution in [0.15, 0.2) is 18.2 Å². The first-order valence-corrected chi connectivity index (χ1v) is 5.23. The maximum atomic E-state index is 11.6. The van der Waals surface area contributed by atoms with Crippen molar-refractivity contribution >= 4 is 11.8 Å². The fourth-order valence-corrected chi connectivity index (χ4v) is 1.32. The zero-order valence-electron chi connectivity index (χ0n) is 9.43. The van der Waals surface area contributed by atoms with Crippen molar-refractivity contribution in [1.82, 2.24) is 0 Å². The van der Waals surface area contributed by atoms with Gasteiger partial charge in [0.25, 0.3) is 0 Å². The Morgan fingerprint density at radius 1 is 1.35 bits per heavy atom. The molecule has 0 saturated heterocycles. The van der Waals surface area contributed by atoms with Gasteiger partial charge in [-0.2, -0.15) is 0 Å². The van der Waals surface area contributed by atoms with Gasteiger partial charge in [0.05, 0.1) is 6.61 Å². The Balaban J connectivity index is 2.80. The van der Waals surface area contributed by atoms with E-state index < -0.39 is 5.97 Å². The van der Waals surface area contributed by atoms with Gasteiger partial charge < -0.3 is 19.7 Å². The number of carboxylic acid groups (broad SMARTS) is 1. The molecule has 0 aliphatic rings. The van der Waals surface area contributed by atoms with Crippen molar-refractivity contribution in [2.75, 3.05) is 6.61 Å². The van der Waals surface area contributed by atoms with E-state index in [0.29, 0.717) is 12.2 Å². The normalized spacial score (nSPS) is 9.94. The minimum Gasteiger partial charge on any atom is -0.550 e. The van der Waals surface area contributed by atoms with Gasteiger partial charge in [-0.05, 0) is 31.5 Å². The lowest BCUT2D eigenvalue weighted by atomic mass is 10.1. The largest absolute Gasteiger partial charge is 0.550 e. The van der Waals surface area contributed by atoms with Crippen LogP contribution in [0.1, 0.15) is 30.1 Å². The molecule has 0 aliphatic heterocycles. The predicted molar refractivity (Wildman–Crippen MR) is 57.8 cm³/mol. The van der Waals surface area contributed by atoms with Crippen LogP contribution in [0.3, 0.4) is 0 Å². The number of Topliss-reactive ketones (excluding diaryl/α,β-unsaturated/α-hetero) is 1. The van der Waals surface area contributed by atoms with E-state index in [1.807, 2.05) is 0 Å². The van der Waals surface area contributed by atoms with Crippen LogP contribution in [-0.2, 0) is 4.79 Å². The summed E-state index contributed by atoms with van der Waals surface area (Å²) in [4.78, 5) is 21.8. The van der Waals surface area contributed by atoms with Crippen molar-refractivity contribution in [3.63, 3.8) is 0 Å². The second-order valence-corrected chi connectivity index (χ2v) is 3.41. The van der Waals surface area contributed by atoms with Gasteiger partial charge in [0.2, 0.25) is 0 Å². The summed E-state index contributed by atoms with van der Waals surface area (Å²) in [5.41, 5.74) is 0.313. The third-order valence-electron chi connectivity index (χ3n) is 2.14. The van der Waals surface area contributed by atoms with E-state index in [1.54, 1.807) is 6.92 Å². The smallest absolute Gasteiger partial charge is 0.163 e. The molecule has 0 fully saturated rings. The molecule has 5 heteroatoms. The van der Waals surface area contributed by atoms with Crippen LogP contribution < -0.4 is 9.84 Å². The zero-order valence-corrected chi connectivity index (χ0v) is 9.43. The third kappa shape index (κ3) is 3.79. The predicted octanol–water partition coefficient (Wildman–Crippen LogP) is 0.504. The molecule has 0 heterocycles. The first-order valence-electron chi connectivity index (χ1n) is 5.23. The first kappa shape index (κ1) is 13.0. The van der Waals surface area contributed by atoms with Crippen molar-refractivity contribution < 1.29 is 24.5 Å². The van der Waals surface area contributed by atoms with E-state index in [0.717, 1.165) is 0 Å². The van der Waals surface area contributed by atoms with Crippen molar-refractivity contribution in [3.8, 4) is 11.5 Å². The fourth-order valence-electron chi connectivity index (χ4n) is 1.32. The summed E-state index contributed by atoms with van der Waals surface area (Å²) in [6.07, 6.45) is -0.442. The van der Waals surface area contributed by atoms with Crippen LogP contribution >= 0.6 is 0 Å². The van der Waals surface area contributed by atoms with Crippen LogP contribution in [0.4, 0.5) is 0 Å². The zero-order chi connectivity index (χ0) is 12.8. The summed E-state index contributed by atoms with van der Waals surface area (Å²) < 4.78 is 5.12. The second kappa shape index (κ2) is 5.89. The number of aromatic hydroxyl groups is 1. The number of benzene rings is 1. The van der Waals surface area contributed by atoms with Crippen LogP contribution in [-0.4, -0.2) is 23.5 Å². The SMILES string of the molecule is CCOc1cc(C(=O)CCC(=O)[O-])ccc1O. The van der Waals surface area contributed by atoms with Gasteiger partial charge in [-0.15, -0.1) is 0 Å². The van der Waals surface area contributed by atoms with E-state index in [1.165, 1.54) is 18.2 Å². The highest BCUT2D eigenvalue weighted by molar-refractivity contribution is 5.97. The van der Waals surface area contributed by atoms with Crippen molar-refractivity contribution in [2.24, 2.45) is 0 Å². The van der Waals surface area contributed by atoms with E-state index in [-0.39, 0.29) is 30.1 Å². The summed E-state index contributed by atoms with van der Waals surface area (Å²) >= 11 is 0. The Bertz CT molecular complexity index is 425. The molecule has 0 amide bonds. The summed E-state index contributed by atoms with van der Waals surface area (Å²) in [6, 6.07) is 4.17. The van der Waals surface area contributed by atoms with Gasteiger partial charge in [-0.25, -0.2) is 0 Å². The number of carbonyl (C=O) groups excluding carboxylic acids is 2. The maximum Gasteiger partial charge on any atom is 0.163 e. The number of ether oxygens (including phenoxy) is 1. The molecule has 1 aromatic rings. The van der Waals surface area contributed by atoms with Crippen LogP contribution in [0, 0.1) is 0 Å². The Hall–Kier alpha value is -2.04. The molecule has 0 atom stereocenters. The van der Waals surface area contributed by atoms with E-state index in [9.17, 15) is 19.8 Å². The molecule has 0 aliphatic carbocycles. The summed E-state index contributed by atoms with van der Waals surface area (Å²) in [5.74, 6) is -1.42. The maximum absolute atomic E-state index is 11.6. The number of aliphatic carboxylic acids is 1. The Labute approximate surface area is 98.6 Å². The minimum absolute atomic E-state index is 0.0525. The summed E-state index contributed by atoms with van der Waals surface area (Å²) in [6.45, 7) is 2.12. The topological polar surface area (TPSA) is 86.7 Å². The standard InChI is InChI=1S/C12H14O5/c1-2-17-11-7-8(3-4-10(11)14)9(13)5-6-12(15)16/h3-4,7,14H,2,5-6H2,1H3,(H,15,16)/p-1. The van der Waals surface area contributed by atoms with Gasteiger partial charge in [-0.1, -0.05) is 0 Å². The highest BCUT2D eigenvalue weighted by Crippen LogP contribution is 2.27. The Morgan fingerprint density at radius 3 is 2.65 bits per heavy atom. The number of carbonyl (C=O) groups is 2. The van der Waals surface area contributed by atoms with Crippen LogP contribution in [0.5, 0.6) is 11.5 Å². The average Bonchev–Trinajstić information content (AvgIpc) is 2.29. The number of carboxylic acids is 1. The molecule has 92 valence electrons. The third-order valence-corrected chi connectivity index (χ3v) is 2.14. The quantitative estimate of drug-likeness (QED) is 0.728. The van der Waals surface area contributed by atoms with E-state index in [2.05, 4.69) is 0 Å². The fraction of sp³-hybridized carbons (Fsp3) is 0.333. The van der Waals surface area contributed by atoms with Crippen molar-refractivity contribution in [2.45, 2.75) is 19.8 Å². The molecule has 0 aromatic heterocycles. The Morgan fingerprint density at radius 2 is 2.06 bits per heavy atom. The molecule has 1 rings (SSSR count). The molecule has 0 unspecified atom stereocenters. The summed E-state index contributed by atoms with van der Waals surface area (Å²) in [5, 5.41) is 19.7. The average molecular weight is 237 g/mol. The number of rotatable bonds is 6. The highest BCUT2D eigenvalue weighted by Gasteiger charge is 2.10. The van der Waals surface area contributed by atoms with E-state index in [4.69, 9.17) is 4.74 Å². The van der Waals surface area contributed by atoms with Gasteiger partial charge in [0.1, 0.15) is 0 Å². The number of ketones is 1. The number of hydrogen-bond acceptors (Lipinski definition) is 5. The van der Waals surface area contributed by atoms with Gasteiger partial charge >= 0.3 is 0 Å². The molecular weight excluding hydrogens is 224 g/mol. The van der Waals surface area contributed by atoms with Gasteiger partial charge in [0, 0.05) is 18.0 Å². The molecule has 1 aromatic carbocycles. The van der Waals surface area contributed by atoms with Crippen molar-refractivity contribution in [3.05, 3.63) is 23.8 Å². The van der Waals surface area contributed by atoms with Crippen LogP contribution in [0.2, 0.25) is 0 Å². The monoisotopic (exact) mass is 237 g/mol. The number of phenols is 1. The number of phenolic OH excluding ortho intramolecular Hbond substituents is 1. The molecule has 0 spiro atoms. The summed E-state index contributed by atoms with van der Waals surface area (Å²) in [7, 11) is 0. The molecule has 0 radical (unpaired) electrons. The number of hydrogen-bond donors (Lipinski definition) is 1. The van der Waals surface area contributed by atoms with Gasteiger partial charge in [0.15, 0.2) is 17.3 Å². The minimum atomic E-state index is -1.26. The molecule has 17 heavy (non-hydrogen) atoms. The van der Waals surface area contributed by atoms with Crippen LogP contribution in [0.25, 0.3) is 0 Å². The molecule has 1 N–H and O–H groups in total. The lowest BCUT2D eigenvalue weighted by Crippen LogP contribution is -2.22. The van der Waals surface area contributed by atoms with E-state index >= 15 is 0 Å².